The Morgan fingerprint density at radius 2 is 1.78 bits per heavy atom. The van der Waals surface area contributed by atoms with E-state index in [9.17, 15) is 4.79 Å². The van der Waals surface area contributed by atoms with Gasteiger partial charge in [0.25, 0.3) is 0 Å². The molecule has 4 rings (SSSR count). The first kappa shape index (κ1) is 14.1. The van der Waals surface area contributed by atoms with Gasteiger partial charge in [0.15, 0.2) is 0 Å². The van der Waals surface area contributed by atoms with E-state index < -0.39 is 0 Å². The average Bonchev–Trinajstić information content (AvgIpc) is 3.06. The van der Waals surface area contributed by atoms with Crippen molar-refractivity contribution in [3.8, 4) is 0 Å². The van der Waals surface area contributed by atoms with E-state index in [0.717, 1.165) is 22.4 Å². The molecule has 116 valence electrons. The zero-order valence-electron chi connectivity index (χ0n) is 12.6. The van der Waals surface area contributed by atoms with Gasteiger partial charge in [-0.15, -0.1) is 0 Å². The third-order valence-electron chi connectivity index (χ3n) is 4.03. The van der Waals surface area contributed by atoms with Crippen LogP contribution in [0.4, 0.5) is 0 Å². The molecule has 0 saturated heterocycles. The fourth-order valence-electron chi connectivity index (χ4n) is 2.99. The minimum Gasteiger partial charge on any atom is -0.305 e. The third-order valence-corrected chi connectivity index (χ3v) is 4.25. The van der Waals surface area contributed by atoms with Crippen molar-refractivity contribution in [2.24, 2.45) is 0 Å². The molecule has 23 heavy (non-hydrogen) atoms. The summed E-state index contributed by atoms with van der Waals surface area (Å²) in [6.45, 7) is 3.06. The zero-order chi connectivity index (χ0) is 16.0. The molecule has 0 atom stereocenters. The number of hydrogen-bond acceptors (Lipinski definition) is 2. The van der Waals surface area contributed by atoms with E-state index >= 15 is 0 Å². The first-order valence-electron chi connectivity index (χ1n) is 7.48. The van der Waals surface area contributed by atoms with Crippen LogP contribution in [0, 0.1) is 0 Å². The zero-order valence-corrected chi connectivity index (χ0v) is 13.4. The fourth-order valence-corrected chi connectivity index (χ4v) is 3.15. The van der Waals surface area contributed by atoms with Gasteiger partial charge in [0.2, 0.25) is 0 Å². The first-order valence-corrected chi connectivity index (χ1v) is 7.86. The van der Waals surface area contributed by atoms with Gasteiger partial charge in [-0.05, 0) is 31.2 Å². The lowest BCUT2D eigenvalue weighted by Gasteiger charge is -1.99. The molecule has 5 nitrogen and oxygen atoms in total. The summed E-state index contributed by atoms with van der Waals surface area (Å²) in [6.07, 6.45) is 3.72. The quantitative estimate of drug-likeness (QED) is 0.580. The van der Waals surface area contributed by atoms with Crippen molar-refractivity contribution < 1.29 is 0 Å². The summed E-state index contributed by atoms with van der Waals surface area (Å²) in [4.78, 5) is 17.2. The number of fused-ring (bicyclic) bond motifs is 2. The van der Waals surface area contributed by atoms with Crippen LogP contribution in [0.3, 0.4) is 0 Å². The largest absolute Gasteiger partial charge is 0.329 e. The van der Waals surface area contributed by atoms with Gasteiger partial charge in [-0.25, -0.2) is 9.78 Å². The smallest absolute Gasteiger partial charge is 0.305 e. The molecule has 0 fully saturated rings. The van der Waals surface area contributed by atoms with Gasteiger partial charge in [-0.1, -0.05) is 23.7 Å². The number of hydrogen-bond donors (Lipinski definition) is 0. The Balaban J connectivity index is 1.86. The third kappa shape index (κ3) is 2.24. The van der Waals surface area contributed by atoms with Gasteiger partial charge in [-0.2, -0.15) is 0 Å². The van der Waals surface area contributed by atoms with Crippen LogP contribution >= 0.6 is 11.6 Å². The molecular weight excluding hydrogens is 312 g/mol. The first-order chi connectivity index (χ1) is 11.2. The summed E-state index contributed by atoms with van der Waals surface area (Å²) in [6, 6.07) is 11.5. The standard InChI is InChI=1S/C17H15ClN4O/c1-2-21-14-5-3-4-6-15(14)22(17(21)23)11-13-10-20-9-12(18)7-8-16(20)19-13/h3-10H,2,11H2,1H3. The van der Waals surface area contributed by atoms with Gasteiger partial charge in [0.05, 0.1) is 28.3 Å². The molecular formula is C17H15ClN4O. The maximum absolute atomic E-state index is 12.7. The van der Waals surface area contributed by atoms with Crippen molar-refractivity contribution in [3.63, 3.8) is 0 Å². The molecule has 0 aliphatic carbocycles. The molecule has 0 saturated carbocycles. The molecule has 3 aromatic heterocycles. The lowest BCUT2D eigenvalue weighted by atomic mass is 10.3. The van der Waals surface area contributed by atoms with Gasteiger partial charge in [0, 0.05) is 18.9 Å². The van der Waals surface area contributed by atoms with E-state index in [-0.39, 0.29) is 5.69 Å². The summed E-state index contributed by atoms with van der Waals surface area (Å²) >= 11 is 6.01. The Labute approximate surface area is 137 Å². The predicted octanol–water partition coefficient (Wildman–Crippen LogP) is 3.17. The number of benzene rings is 1. The summed E-state index contributed by atoms with van der Waals surface area (Å²) in [5.41, 5.74) is 3.51. The minimum atomic E-state index is -0.0104. The molecule has 0 N–H and O–H groups in total. The van der Waals surface area contributed by atoms with Crippen molar-refractivity contribution in [2.45, 2.75) is 20.0 Å². The second-order valence-corrected chi connectivity index (χ2v) is 5.88. The summed E-state index contributed by atoms with van der Waals surface area (Å²) in [7, 11) is 0. The Morgan fingerprint density at radius 3 is 2.52 bits per heavy atom. The maximum Gasteiger partial charge on any atom is 0.329 e. The number of nitrogens with zero attached hydrogens (tertiary/aromatic N) is 4. The molecule has 0 bridgehead atoms. The van der Waals surface area contributed by atoms with E-state index in [0.29, 0.717) is 18.1 Å². The lowest BCUT2D eigenvalue weighted by Crippen LogP contribution is -2.24. The van der Waals surface area contributed by atoms with Crippen molar-refractivity contribution in [2.75, 3.05) is 0 Å². The van der Waals surface area contributed by atoms with Crippen molar-refractivity contribution in [1.82, 2.24) is 18.5 Å². The van der Waals surface area contributed by atoms with Crippen LogP contribution < -0.4 is 5.69 Å². The Morgan fingerprint density at radius 1 is 1.04 bits per heavy atom. The summed E-state index contributed by atoms with van der Waals surface area (Å²) in [5, 5.41) is 0.654. The number of rotatable bonds is 3. The second kappa shape index (κ2) is 5.28. The van der Waals surface area contributed by atoms with E-state index in [2.05, 4.69) is 4.98 Å². The molecule has 1 aromatic carbocycles. The molecule has 0 spiro atoms. The lowest BCUT2D eigenvalue weighted by molar-refractivity contribution is 0.679. The minimum absolute atomic E-state index is 0.0104. The molecule has 3 heterocycles. The number of aryl methyl sites for hydroxylation is 1. The SMILES string of the molecule is CCn1c(=O)n(Cc2cn3cc(Cl)ccc3n2)c2ccccc21. The van der Waals surface area contributed by atoms with E-state index in [1.165, 1.54) is 0 Å². The number of aromatic nitrogens is 4. The maximum atomic E-state index is 12.7. The monoisotopic (exact) mass is 326 g/mol. The van der Waals surface area contributed by atoms with E-state index in [4.69, 9.17) is 11.6 Å². The van der Waals surface area contributed by atoms with Crippen LogP contribution in [0.25, 0.3) is 16.7 Å². The molecule has 0 unspecified atom stereocenters. The summed E-state index contributed by atoms with van der Waals surface area (Å²) in [5.74, 6) is 0. The highest BCUT2D eigenvalue weighted by Crippen LogP contribution is 2.16. The van der Waals surface area contributed by atoms with Gasteiger partial charge < -0.3 is 4.40 Å². The van der Waals surface area contributed by atoms with E-state index in [1.54, 1.807) is 9.13 Å². The van der Waals surface area contributed by atoms with Gasteiger partial charge in [0.1, 0.15) is 5.65 Å². The fraction of sp³-hybridized carbons (Fsp3) is 0.176. The van der Waals surface area contributed by atoms with Crippen LogP contribution in [0.1, 0.15) is 12.6 Å². The average molecular weight is 327 g/mol. The molecule has 0 amide bonds. The van der Waals surface area contributed by atoms with Gasteiger partial charge in [-0.3, -0.25) is 9.13 Å². The number of imidazole rings is 2. The Bertz CT molecular complexity index is 1070. The molecule has 0 aliphatic rings. The summed E-state index contributed by atoms with van der Waals surface area (Å²) < 4.78 is 5.42. The highest BCUT2D eigenvalue weighted by molar-refractivity contribution is 6.30. The van der Waals surface area contributed by atoms with Crippen molar-refractivity contribution >= 4 is 28.3 Å². The Hall–Kier alpha value is -2.53. The normalized spacial score (nSPS) is 11.6. The van der Waals surface area contributed by atoms with Crippen molar-refractivity contribution in [3.05, 3.63) is 70.0 Å². The van der Waals surface area contributed by atoms with Crippen LogP contribution in [0.2, 0.25) is 5.02 Å². The number of halogens is 1. The predicted molar refractivity (Wildman–Crippen MR) is 91.2 cm³/mol. The molecule has 0 aliphatic heterocycles. The number of pyridine rings is 1. The van der Waals surface area contributed by atoms with Crippen LogP contribution in [0.5, 0.6) is 0 Å². The van der Waals surface area contributed by atoms with Crippen LogP contribution in [-0.4, -0.2) is 18.5 Å². The molecule has 6 heteroatoms. The van der Waals surface area contributed by atoms with Crippen LogP contribution in [0.15, 0.2) is 53.6 Å². The Kier molecular flexibility index (Phi) is 3.23. The van der Waals surface area contributed by atoms with Crippen molar-refractivity contribution in [1.29, 1.82) is 0 Å². The molecule has 4 aromatic rings. The van der Waals surface area contributed by atoms with E-state index in [1.807, 2.05) is 60.1 Å². The molecule has 0 radical (unpaired) electrons. The highest BCUT2D eigenvalue weighted by atomic mass is 35.5. The highest BCUT2D eigenvalue weighted by Gasteiger charge is 2.13. The van der Waals surface area contributed by atoms with Crippen LogP contribution in [-0.2, 0) is 13.1 Å². The number of para-hydroxylation sites is 2. The second-order valence-electron chi connectivity index (χ2n) is 5.45. The topological polar surface area (TPSA) is 44.2 Å². The van der Waals surface area contributed by atoms with Gasteiger partial charge >= 0.3 is 5.69 Å².